The third-order valence-corrected chi connectivity index (χ3v) is 4.74. The second-order valence-electron chi connectivity index (χ2n) is 6.71. The van der Waals surface area contributed by atoms with Crippen molar-refractivity contribution in [2.75, 3.05) is 11.9 Å². The van der Waals surface area contributed by atoms with Crippen molar-refractivity contribution in [1.29, 1.82) is 0 Å². The Bertz CT molecular complexity index is 982. The highest BCUT2D eigenvalue weighted by Gasteiger charge is 2.10. The molecule has 1 heterocycles. The van der Waals surface area contributed by atoms with Gasteiger partial charge in [0.05, 0.1) is 11.4 Å². The zero-order valence-electron chi connectivity index (χ0n) is 15.4. The number of aryl methyl sites for hydroxylation is 2. The maximum atomic E-state index is 13.3. The maximum absolute atomic E-state index is 13.3. The van der Waals surface area contributed by atoms with Crippen molar-refractivity contribution < 1.29 is 4.39 Å². The number of nitrogens with two attached hydrogens (primary N) is 1. The summed E-state index contributed by atoms with van der Waals surface area (Å²) in [6, 6.07) is 14.6. The van der Waals surface area contributed by atoms with Gasteiger partial charge in [0.1, 0.15) is 5.82 Å². The van der Waals surface area contributed by atoms with Gasteiger partial charge in [0.25, 0.3) is 0 Å². The number of aliphatic imine (C=N–C) groups is 1. The fraction of sp³-hybridized carbons (Fsp3) is 0.238. The van der Waals surface area contributed by atoms with E-state index in [1.54, 1.807) is 10.7 Å². The molecular formula is C21H23BrFN5. The van der Waals surface area contributed by atoms with Crippen LogP contribution in [0.4, 0.5) is 10.1 Å². The highest BCUT2D eigenvalue weighted by Crippen LogP contribution is 2.24. The zero-order valence-corrected chi connectivity index (χ0v) is 17.1. The molecule has 146 valence electrons. The first kappa shape index (κ1) is 20.1. The summed E-state index contributed by atoms with van der Waals surface area (Å²) in [5.74, 6) is 0.122. The molecule has 1 aromatic heterocycles. The lowest BCUT2D eigenvalue weighted by atomic mass is 10.1. The van der Waals surface area contributed by atoms with E-state index in [4.69, 9.17) is 5.73 Å². The average Bonchev–Trinajstić information content (AvgIpc) is 3.30. The van der Waals surface area contributed by atoms with Crippen LogP contribution < -0.4 is 11.1 Å². The molecule has 0 atom stereocenters. The fourth-order valence-corrected chi connectivity index (χ4v) is 3.39. The number of aromatic nitrogens is 2. The second-order valence-corrected chi connectivity index (χ2v) is 6.71. The van der Waals surface area contributed by atoms with Crippen LogP contribution >= 0.6 is 17.0 Å². The lowest BCUT2D eigenvalue weighted by molar-refractivity contribution is 0.625. The number of nitrogens with zero attached hydrogens (tertiary/aromatic N) is 3. The molecule has 0 fully saturated rings. The molecule has 4 rings (SSSR count). The van der Waals surface area contributed by atoms with E-state index in [1.165, 1.54) is 36.1 Å². The molecule has 28 heavy (non-hydrogen) atoms. The fourth-order valence-electron chi connectivity index (χ4n) is 3.39. The maximum Gasteiger partial charge on any atom is 0.193 e. The van der Waals surface area contributed by atoms with Gasteiger partial charge >= 0.3 is 0 Å². The average molecular weight is 444 g/mol. The molecule has 1 aliphatic carbocycles. The Kier molecular flexibility index (Phi) is 6.46. The lowest BCUT2D eigenvalue weighted by Crippen LogP contribution is -2.23. The highest BCUT2D eigenvalue weighted by atomic mass is 79.9. The van der Waals surface area contributed by atoms with Crippen LogP contribution in [0.1, 0.15) is 23.2 Å². The van der Waals surface area contributed by atoms with Crippen molar-refractivity contribution in [3.8, 4) is 5.69 Å². The summed E-state index contributed by atoms with van der Waals surface area (Å²) in [5.41, 5.74) is 11.4. The second kappa shape index (κ2) is 9.01. The standard InChI is InChI=1S/C21H22FN5.BrH/c22-17-5-2-6-20(14-17)27-12-10-18(26-27)9-11-24-21(23)25-19-8-7-15-3-1-4-16(15)13-19;/h2,5-8,10,12-14H,1,3-4,9,11H2,(H3,23,24,25);1H. The van der Waals surface area contributed by atoms with Gasteiger partial charge in [0.2, 0.25) is 0 Å². The summed E-state index contributed by atoms with van der Waals surface area (Å²) in [7, 11) is 0. The van der Waals surface area contributed by atoms with Gasteiger partial charge in [-0.15, -0.1) is 17.0 Å². The smallest absolute Gasteiger partial charge is 0.193 e. The summed E-state index contributed by atoms with van der Waals surface area (Å²) < 4.78 is 15.0. The third kappa shape index (κ3) is 4.78. The van der Waals surface area contributed by atoms with Crippen LogP contribution in [0, 0.1) is 5.82 Å². The predicted molar refractivity (Wildman–Crippen MR) is 116 cm³/mol. The number of rotatable bonds is 5. The van der Waals surface area contributed by atoms with Gasteiger partial charge in [-0.1, -0.05) is 12.1 Å². The number of halogens is 2. The Hall–Kier alpha value is -2.67. The molecule has 2 aromatic carbocycles. The molecule has 0 bridgehead atoms. The molecule has 0 unspecified atom stereocenters. The molecule has 0 saturated heterocycles. The van der Waals surface area contributed by atoms with Gasteiger partial charge in [0.15, 0.2) is 5.96 Å². The van der Waals surface area contributed by atoms with Gasteiger partial charge < -0.3 is 11.1 Å². The van der Waals surface area contributed by atoms with Crippen molar-refractivity contribution >= 4 is 28.6 Å². The third-order valence-electron chi connectivity index (χ3n) is 4.74. The minimum Gasteiger partial charge on any atom is -0.370 e. The van der Waals surface area contributed by atoms with Crippen molar-refractivity contribution in [1.82, 2.24) is 9.78 Å². The van der Waals surface area contributed by atoms with Crippen LogP contribution in [-0.2, 0) is 19.3 Å². The van der Waals surface area contributed by atoms with Gasteiger partial charge in [-0.25, -0.2) is 9.07 Å². The molecule has 1 aliphatic rings. The number of hydrogen-bond donors (Lipinski definition) is 2. The quantitative estimate of drug-likeness (QED) is 0.461. The first-order valence-electron chi connectivity index (χ1n) is 9.16. The molecule has 3 aromatic rings. The molecule has 0 spiro atoms. The molecular weight excluding hydrogens is 421 g/mol. The predicted octanol–water partition coefficient (Wildman–Crippen LogP) is 4.05. The molecule has 7 heteroatoms. The first-order valence-corrected chi connectivity index (χ1v) is 9.16. The van der Waals surface area contributed by atoms with Crippen LogP contribution in [0.15, 0.2) is 59.7 Å². The van der Waals surface area contributed by atoms with E-state index in [0.717, 1.165) is 17.8 Å². The van der Waals surface area contributed by atoms with E-state index in [1.807, 2.05) is 24.4 Å². The van der Waals surface area contributed by atoms with Crippen molar-refractivity contribution in [2.45, 2.75) is 25.7 Å². The van der Waals surface area contributed by atoms with Crippen LogP contribution in [0.25, 0.3) is 5.69 Å². The van der Waals surface area contributed by atoms with Gasteiger partial charge in [-0.2, -0.15) is 5.10 Å². The topological polar surface area (TPSA) is 68.2 Å². The largest absolute Gasteiger partial charge is 0.370 e. The number of fused-ring (bicyclic) bond motifs is 1. The SMILES string of the molecule is Br.NC(=NCCc1ccn(-c2cccc(F)c2)n1)Nc1ccc2c(c1)CCC2. The van der Waals surface area contributed by atoms with Crippen LogP contribution in [0.2, 0.25) is 0 Å². The first-order chi connectivity index (χ1) is 13.2. The van der Waals surface area contributed by atoms with Crippen molar-refractivity contribution in [3.63, 3.8) is 0 Å². The Morgan fingerprint density at radius 3 is 2.86 bits per heavy atom. The van der Waals surface area contributed by atoms with E-state index >= 15 is 0 Å². The van der Waals surface area contributed by atoms with Crippen molar-refractivity contribution in [3.05, 3.63) is 77.4 Å². The Morgan fingerprint density at radius 1 is 1.14 bits per heavy atom. The summed E-state index contributed by atoms with van der Waals surface area (Å²) in [6.07, 6.45) is 6.01. The number of guanidine groups is 1. The Labute approximate surface area is 174 Å². The van der Waals surface area contributed by atoms with E-state index in [-0.39, 0.29) is 22.8 Å². The molecule has 3 N–H and O–H groups in total. The van der Waals surface area contributed by atoms with Crippen molar-refractivity contribution in [2.24, 2.45) is 10.7 Å². The minimum atomic E-state index is -0.278. The van der Waals surface area contributed by atoms with Crippen LogP contribution in [0.3, 0.4) is 0 Å². The van der Waals surface area contributed by atoms with E-state index in [2.05, 4.69) is 27.5 Å². The molecule has 0 saturated carbocycles. The number of nitrogens with one attached hydrogen (secondary N) is 1. The van der Waals surface area contributed by atoms with Crippen LogP contribution in [0.5, 0.6) is 0 Å². The Morgan fingerprint density at radius 2 is 2.00 bits per heavy atom. The summed E-state index contributed by atoms with van der Waals surface area (Å²) >= 11 is 0. The molecule has 5 nitrogen and oxygen atoms in total. The van der Waals surface area contributed by atoms with Gasteiger partial charge in [0, 0.05) is 24.8 Å². The number of benzene rings is 2. The molecule has 0 radical (unpaired) electrons. The summed E-state index contributed by atoms with van der Waals surface area (Å²) in [5, 5.41) is 7.62. The Balaban J connectivity index is 0.00000225. The minimum absolute atomic E-state index is 0. The van der Waals surface area contributed by atoms with Crippen LogP contribution in [-0.4, -0.2) is 22.3 Å². The summed E-state index contributed by atoms with van der Waals surface area (Å²) in [4.78, 5) is 4.38. The normalized spacial score (nSPS) is 13.1. The number of hydrogen-bond acceptors (Lipinski definition) is 2. The molecule has 0 aliphatic heterocycles. The van der Waals surface area contributed by atoms with E-state index in [9.17, 15) is 4.39 Å². The lowest BCUT2D eigenvalue weighted by Gasteiger charge is -2.07. The van der Waals surface area contributed by atoms with E-state index < -0.39 is 0 Å². The highest BCUT2D eigenvalue weighted by molar-refractivity contribution is 8.93. The van der Waals surface area contributed by atoms with Gasteiger partial charge in [-0.05, 0) is 66.8 Å². The van der Waals surface area contributed by atoms with E-state index in [0.29, 0.717) is 24.6 Å². The monoisotopic (exact) mass is 443 g/mol. The summed E-state index contributed by atoms with van der Waals surface area (Å²) in [6.45, 7) is 0.532. The van der Waals surface area contributed by atoms with Gasteiger partial charge in [-0.3, -0.25) is 4.99 Å². The zero-order chi connectivity index (χ0) is 18.6. The molecule has 0 amide bonds. The number of anilines is 1.